The molecule has 198 valence electrons. The predicted molar refractivity (Wildman–Crippen MR) is 135 cm³/mol. The van der Waals surface area contributed by atoms with Crippen LogP contribution in [0.25, 0.3) is 0 Å². The van der Waals surface area contributed by atoms with Crippen LogP contribution in [0.4, 0.5) is 0 Å². The van der Waals surface area contributed by atoms with Gasteiger partial charge in [0, 0.05) is 17.8 Å². The molecule has 0 radical (unpaired) electrons. The number of esters is 2. The summed E-state index contributed by atoms with van der Waals surface area (Å²) in [6, 6.07) is 10.2. The van der Waals surface area contributed by atoms with Crippen LogP contribution in [0.3, 0.4) is 0 Å². The molecule has 5 atom stereocenters. The third-order valence-electron chi connectivity index (χ3n) is 10.4. The van der Waals surface area contributed by atoms with E-state index in [2.05, 4.69) is 39.8 Å². The number of ether oxygens (including phenoxy) is 4. The van der Waals surface area contributed by atoms with E-state index in [0.29, 0.717) is 12.3 Å². The fraction of sp³-hybridized carbons (Fsp3) is 0.733. The van der Waals surface area contributed by atoms with E-state index < -0.39 is 28.7 Å². The number of hydrogen-bond acceptors (Lipinski definition) is 6. The smallest absolute Gasteiger partial charge is 0.323 e. The molecule has 0 amide bonds. The second-order valence-corrected chi connectivity index (χ2v) is 12.5. The molecule has 0 unspecified atom stereocenters. The van der Waals surface area contributed by atoms with Crippen molar-refractivity contribution < 1.29 is 28.5 Å². The van der Waals surface area contributed by atoms with Gasteiger partial charge < -0.3 is 18.9 Å². The van der Waals surface area contributed by atoms with Crippen molar-refractivity contribution in [3.05, 3.63) is 35.9 Å². The van der Waals surface area contributed by atoms with Gasteiger partial charge >= 0.3 is 11.9 Å². The Balaban J connectivity index is 1.59. The van der Waals surface area contributed by atoms with Gasteiger partial charge in [0.25, 0.3) is 0 Å². The molecule has 2 bridgehead atoms. The second kappa shape index (κ2) is 8.56. The van der Waals surface area contributed by atoms with Gasteiger partial charge in [0.2, 0.25) is 0 Å². The lowest BCUT2D eigenvalue weighted by Crippen LogP contribution is -2.67. The molecule has 5 rings (SSSR count). The minimum Gasteiger partial charge on any atom is -0.465 e. The minimum atomic E-state index is -1.45. The normalized spacial score (nSPS) is 37.0. The summed E-state index contributed by atoms with van der Waals surface area (Å²) in [6.07, 6.45) is 4.32. The van der Waals surface area contributed by atoms with Crippen molar-refractivity contribution in [3.8, 4) is 0 Å². The van der Waals surface area contributed by atoms with Crippen LogP contribution < -0.4 is 0 Å². The summed E-state index contributed by atoms with van der Waals surface area (Å²) in [4.78, 5) is 27.0. The van der Waals surface area contributed by atoms with Gasteiger partial charge in [-0.3, -0.25) is 9.59 Å². The maximum atomic E-state index is 13.5. The first-order chi connectivity index (χ1) is 17.0. The van der Waals surface area contributed by atoms with Crippen molar-refractivity contribution in [2.45, 2.75) is 97.6 Å². The monoisotopic (exact) mass is 498 g/mol. The van der Waals surface area contributed by atoms with Gasteiger partial charge in [-0.05, 0) is 76.7 Å². The molecule has 1 saturated heterocycles. The van der Waals surface area contributed by atoms with Gasteiger partial charge in [0.1, 0.15) is 0 Å². The molecule has 4 fully saturated rings. The summed E-state index contributed by atoms with van der Waals surface area (Å²) in [5.41, 5.74) is -0.816. The Morgan fingerprint density at radius 2 is 1.64 bits per heavy atom. The van der Waals surface area contributed by atoms with Crippen molar-refractivity contribution in [1.82, 2.24) is 0 Å². The number of hydrogen-bond donors (Lipinski definition) is 0. The average Bonchev–Trinajstić information content (AvgIpc) is 3.35. The zero-order chi connectivity index (χ0) is 26.0. The van der Waals surface area contributed by atoms with Crippen LogP contribution in [0.15, 0.2) is 30.3 Å². The standard InChI is InChI=1S/C30H42O6/c1-7-33-24(31)28(25(32)34-8-2)18-22(16-20-12-10-9-11-13-20)30(19-28)35-23-17-21-14-15-29(23,26(21,3)4)27(5,6)36-30/h9-13,21-23H,7-8,14-19H2,1-6H3/t21-,22-,23-,29-,30-/m0/s1. The van der Waals surface area contributed by atoms with Crippen LogP contribution in [0.2, 0.25) is 0 Å². The first-order valence-electron chi connectivity index (χ1n) is 13.7. The van der Waals surface area contributed by atoms with Crippen LogP contribution in [-0.4, -0.2) is 42.6 Å². The van der Waals surface area contributed by atoms with E-state index in [4.69, 9.17) is 18.9 Å². The Morgan fingerprint density at radius 1 is 1.00 bits per heavy atom. The quantitative estimate of drug-likeness (QED) is 0.383. The Hall–Kier alpha value is -1.92. The molecule has 1 aliphatic heterocycles. The third-order valence-corrected chi connectivity index (χ3v) is 10.4. The fourth-order valence-electron chi connectivity index (χ4n) is 8.83. The lowest BCUT2D eigenvalue weighted by atomic mass is 9.58. The number of fused-ring (bicyclic) bond motifs is 1. The lowest BCUT2D eigenvalue weighted by molar-refractivity contribution is -0.407. The Kier molecular flexibility index (Phi) is 6.11. The van der Waals surface area contributed by atoms with E-state index in [1.165, 1.54) is 6.42 Å². The molecule has 2 spiro atoms. The molecule has 3 saturated carbocycles. The summed E-state index contributed by atoms with van der Waals surface area (Å²) in [7, 11) is 0. The molecule has 0 N–H and O–H groups in total. The molecule has 1 aromatic carbocycles. The number of benzene rings is 1. The Morgan fingerprint density at radius 3 is 2.22 bits per heavy atom. The van der Waals surface area contributed by atoms with Gasteiger partial charge in [0.15, 0.2) is 11.2 Å². The Bertz CT molecular complexity index is 998. The lowest BCUT2D eigenvalue weighted by Gasteiger charge is -2.61. The molecule has 6 nitrogen and oxygen atoms in total. The first kappa shape index (κ1) is 25.7. The van der Waals surface area contributed by atoms with Crippen LogP contribution in [0.5, 0.6) is 0 Å². The summed E-state index contributed by atoms with van der Waals surface area (Å²) in [5.74, 6) is -1.76. The van der Waals surface area contributed by atoms with E-state index >= 15 is 0 Å². The summed E-state index contributed by atoms with van der Waals surface area (Å²) < 4.78 is 25.3. The van der Waals surface area contributed by atoms with Gasteiger partial charge in [-0.2, -0.15) is 0 Å². The van der Waals surface area contributed by atoms with Crippen molar-refractivity contribution in [2.24, 2.45) is 28.1 Å². The molecule has 1 aromatic rings. The van der Waals surface area contributed by atoms with Crippen LogP contribution in [0.1, 0.15) is 79.2 Å². The highest BCUT2D eigenvalue weighted by molar-refractivity contribution is 6.00. The van der Waals surface area contributed by atoms with Gasteiger partial charge in [-0.25, -0.2) is 0 Å². The van der Waals surface area contributed by atoms with Crippen molar-refractivity contribution in [3.63, 3.8) is 0 Å². The van der Waals surface area contributed by atoms with Crippen LogP contribution in [-0.2, 0) is 35.0 Å². The SMILES string of the molecule is CCOC(=O)C1(C(=O)OCC)C[C@H](Cc2ccccc2)[C@@]2(C1)O[C@H]1C[C@@H]3CC[C@@]1(C(C)(C)O2)C3(C)C. The highest BCUT2D eigenvalue weighted by atomic mass is 16.7. The fourth-order valence-corrected chi connectivity index (χ4v) is 8.83. The van der Waals surface area contributed by atoms with E-state index in [1.54, 1.807) is 13.8 Å². The maximum absolute atomic E-state index is 13.5. The van der Waals surface area contributed by atoms with E-state index in [1.807, 2.05) is 18.2 Å². The molecule has 4 aliphatic rings. The Labute approximate surface area is 215 Å². The predicted octanol–water partition coefficient (Wildman–Crippen LogP) is 5.47. The number of carbonyl (C=O) groups is 2. The van der Waals surface area contributed by atoms with Crippen LogP contribution >= 0.6 is 0 Å². The molecule has 1 heterocycles. The summed E-state index contributed by atoms with van der Waals surface area (Å²) in [5, 5.41) is 0. The molecule has 0 aromatic heterocycles. The van der Waals surface area contributed by atoms with Crippen molar-refractivity contribution >= 4 is 11.9 Å². The molecule has 36 heavy (non-hydrogen) atoms. The van der Waals surface area contributed by atoms with Crippen molar-refractivity contribution in [2.75, 3.05) is 13.2 Å². The zero-order valence-corrected chi connectivity index (χ0v) is 22.7. The van der Waals surface area contributed by atoms with Gasteiger partial charge in [-0.1, -0.05) is 44.2 Å². The third kappa shape index (κ3) is 3.36. The first-order valence-corrected chi connectivity index (χ1v) is 13.7. The molecule has 6 heteroatoms. The summed E-state index contributed by atoms with van der Waals surface area (Å²) in [6.45, 7) is 13.1. The highest BCUT2D eigenvalue weighted by Gasteiger charge is 2.77. The molecular weight excluding hydrogens is 456 g/mol. The van der Waals surface area contributed by atoms with Crippen LogP contribution in [0, 0.1) is 28.1 Å². The van der Waals surface area contributed by atoms with Crippen molar-refractivity contribution in [1.29, 1.82) is 0 Å². The van der Waals surface area contributed by atoms with E-state index in [9.17, 15) is 9.59 Å². The van der Waals surface area contributed by atoms with E-state index in [0.717, 1.165) is 18.4 Å². The van der Waals surface area contributed by atoms with Gasteiger partial charge in [0.05, 0.1) is 24.9 Å². The minimum absolute atomic E-state index is 0.0217. The zero-order valence-electron chi connectivity index (χ0n) is 22.7. The largest absolute Gasteiger partial charge is 0.465 e. The number of carbonyl (C=O) groups excluding carboxylic acids is 2. The number of rotatable bonds is 6. The topological polar surface area (TPSA) is 71.1 Å². The second-order valence-electron chi connectivity index (χ2n) is 12.5. The average molecular weight is 499 g/mol. The maximum Gasteiger partial charge on any atom is 0.323 e. The van der Waals surface area contributed by atoms with E-state index in [-0.39, 0.29) is 48.9 Å². The molecule has 3 aliphatic carbocycles. The highest BCUT2D eigenvalue weighted by Crippen LogP contribution is 2.75. The summed E-state index contributed by atoms with van der Waals surface area (Å²) >= 11 is 0. The van der Waals surface area contributed by atoms with Gasteiger partial charge in [-0.15, -0.1) is 0 Å². The molecular formula is C30H42O6.